The molecule has 0 unspecified atom stereocenters. The summed E-state index contributed by atoms with van der Waals surface area (Å²) in [5, 5.41) is 0. The Labute approximate surface area is 125 Å². The van der Waals surface area contributed by atoms with Crippen molar-refractivity contribution in [1.82, 2.24) is 9.38 Å². The molecule has 0 saturated carbocycles. The summed E-state index contributed by atoms with van der Waals surface area (Å²) in [5.74, 6) is 1.37. The van der Waals surface area contributed by atoms with Crippen molar-refractivity contribution in [3.63, 3.8) is 0 Å². The second-order valence-electron chi connectivity index (χ2n) is 4.39. The molecule has 2 aromatic heterocycles. The molecule has 0 aliphatic rings. The quantitative estimate of drug-likeness (QED) is 0.797. The maximum absolute atomic E-state index is 5.89. The smallest absolute Gasteiger partial charge is 0.241 e. The molecule has 102 valence electrons. The summed E-state index contributed by atoms with van der Waals surface area (Å²) in [6.07, 6.45) is 2.69. The summed E-state index contributed by atoms with van der Waals surface area (Å²) in [7, 11) is 0. The Morgan fingerprint density at radius 2 is 1.95 bits per heavy atom. The first-order valence-electron chi connectivity index (χ1n) is 6.37. The molecular formula is C15H14BrN3O. The number of aromatic nitrogens is 2. The average molecular weight is 332 g/mol. The monoisotopic (exact) mass is 331 g/mol. The number of pyridine rings is 1. The van der Waals surface area contributed by atoms with Crippen molar-refractivity contribution in [2.45, 2.75) is 6.42 Å². The minimum Gasteiger partial charge on any atom is -0.437 e. The van der Waals surface area contributed by atoms with Crippen molar-refractivity contribution in [3.8, 4) is 11.6 Å². The van der Waals surface area contributed by atoms with Gasteiger partial charge in [0.25, 0.3) is 0 Å². The fourth-order valence-electron chi connectivity index (χ4n) is 2.09. The van der Waals surface area contributed by atoms with Gasteiger partial charge in [-0.25, -0.2) is 0 Å². The van der Waals surface area contributed by atoms with Crippen molar-refractivity contribution >= 4 is 21.6 Å². The first-order chi connectivity index (χ1) is 9.78. The Balaban J connectivity index is 2.01. The van der Waals surface area contributed by atoms with E-state index in [1.54, 1.807) is 0 Å². The Hall–Kier alpha value is -1.85. The van der Waals surface area contributed by atoms with Gasteiger partial charge in [-0.1, -0.05) is 22.0 Å². The first kappa shape index (κ1) is 13.1. The number of ether oxygens (including phenoxy) is 1. The van der Waals surface area contributed by atoms with Crippen molar-refractivity contribution in [1.29, 1.82) is 0 Å². The van der Waals surface area contributed by atoms with Crippen LogP contribution in [0.5, 0.6) is 11.6 Å². The van der Waals surface area contributed by atoms with E-state index >= 15 is 0 Å². The predicted molar refractivity (Wildman–Crippen MR) is 82.2 cm³/mol. The highest BCUT2D eigenvalue weighted by Gasteiger charge is 2.13. The number of imidazole rings is 1. The molecule has 20 heavy (non-hydrogen) atoms. The summed E-state index contributed by atoms with van der Waals surface area (Å²) < 4.78 is 8.92. The second-order valence-corrected chi connectivity index (χ2v) is 5.30. The molecule has 0 amide bonds. The summed E-state index contributed by atoms with van der Waals surface area (Å²) >= 11 is 3.41. The molecule has 0 atom stereocenters. The molecule has 3 aromatic rings. The molecule has 0 fully saturated rings. The Morgan fingerprint density at radius 3 is 2.70 bits per heavy atom. The lowest BCUT2D eigenvalue weighted by atomic mass is 10.3. The van der Waals surface area contributed by atoms with Crippen LogP contribution in [-0.4, -0.2) is 15.9 Å². The minimum absolute atomic E-state index is 0.555. The van der Waals surface area contributed by atoms with Crippen molar-refractivity contribution in [2.75, 3.05) is 6.54 Å². The fraction of sp³-hybridized carbons (Fsp3) is 0.133. The van der Waals surface area contributed by atoms with Crippen LogP contribution in [0.1, 0.15) is 5.69 Å². The Morgan fingerprint density at radius 1 is 1.15 bits per heavy atom. The topological polar surface area (TPSA) is 52.5 Å². The largest absolute Gasteiger partial charge is 0.437 e. The maximum Gasteiger partial charge on any atom is 0.241 e. The highest BCUT2D eigenvalue weighted by molar-refractivity contribution is 9.10. The zero-order valence-corrected chi connectivity index (χ0v) is 12.4. The van der Waals surface area contributed by atoms with Gasteiger partial charge in [0.15, 0.2) is 0 Å². The summed E-state index contributed by atoms with van der Waals surface area (Å²) in [5.41, 5.74) is 7.55. The Kier molecular flexibility index (Phi) is 3.71. The SMILES string of the molecule is NCCc1c(Oc2ccc(Br)cc2)nc2ccccn12. The van der Waals surface area contributed by atoms with Crippen LogP contribution in [0.2, 0.25) is 0 Å². The molecule has 1 aromatic carbocycles. The number of nitrogens with zero attached hydrogens (tertiary/aromatic N) is 2. The third kappa shape index (κ3) is 2.55. The van der Waals surface area contributed by atoms with E-state index in [9.17, 15) is 0 Å². The van der Waals surface area contributed by atoms with Gasteiger partial charge < -0.3 is 14.9 Å². The van der Waals surface area contributed by atoms with Crippen LogP contribution in [0.4, 0.5) is 0 Å². The molecule has 0 aliphatic heterocycles. The van der Waals surface area contributed by atoms with E-state index in [-0.39, 0.29) is 0 Å². The van der Waals surface area contributed by atoms with Gasteiger partial charge in [0.1, 0.15) is 11.4 Å². The molecule has 0 spiro atoms. The third-order valence-electron chi connectivity index (χ3n) is 3.00. The number of benzene rings is 1. The van der Waals surface area contributed by atoms with Crippen LogP contribution in [-0.2, 0) is 6.42 Å². The van der Waals surface area contributed by atoms with E-state index in [0.29, 0.717) is 12.4 Å². The maximum atomic E-state index is 5.89. The van der Waals surface area contributed by atoms with Gasteiger partial charge in [-0.2, -0.15) is 4.98 Å². The van der Waals surface area contributed by atoms with E-state index < -0.39 is 0 Å². The van der Waals surface area contributed by atoms with Gasteiger partial charge in [0.2, 0.25) is 5.88 Å². The number of fused-ring (bicyclic) bond motifs is 1. The molecule has 4 nitrogen and oxygen atoms in total. The standard InChI is InChI=1S/C15H14BrN3O/c16-11-4-6-12(7-5-11)20-15-13(8-9-17)19-10-2-1-3-14(19)18-15/h1-7,10H,8-9,17H2. The van der Waals surface area contributed by atoms with Crippen LogP contribution < -0.4 is 10.5 Å². The van der Waals surface area contributed by atoms with E-state index in [1.165, 1.54) is 0 Å². The molecule has 0 bridgehead atoms. The van der Waals surface area contributed by atoms with E-state index in [0.717, 1.165) is 28.0 Å². The zero-order chi connectivity index (χ0) is 13.9. The highest BCUT2D eigenvalue weighted by atomic mass is 79.9. The average Bonchev–Trinajstić information content (AvgIpc) is 2.80. The molecule has 0 radical (unpaired) electrons. The molecule has 5 heteroatoms. The lowest BCUT2D eigenvalue weighted by Crippen LogP contribution is -2.06. The number of halogens is 1. The summed E-state index contributed by atoms with van der Waals surface area (Å²) in [4.78, 5) is 4.52. The second kappa shape index (κ2) is 5.64. The number of hydrogen-bond donors (Lipinski definition) is 1. The first-order valence-corrected chi connectivity index (χ1v) is 7.16. The number of rotatable bonds is 4. The van der Waals surface area contributed by atoms with Crippen LogP contribution >= 0.6 is 15.9 Å². The fourth-order valence-corrected chi connectivity index (χ4v) is 2.35. The van der Waals surface area contributed by atoms with Gasteiger partial charge in [-0.05, 0) is 42.9 Å². The predicted octanol–water partition coefficient (Wildman–Crippen LogP) is 3.39. The summed E-state index contributed by atoms with van der Waals surface area (Å²) in [6.45, 7) is 0.555. The van der Waals surface area contributed by atoms with Gasteiger partial charge in [0, 0.05) is 17.1 Å². The van der Waals surface area contributed by atoms with Gasteiger partial charge in [0.05, 0.1) is 5.69 Å². The molecule has 0 saturated heterocycles. The molecule has 3 rings (SSSR count). The van der Waals surface area contributed by atoms with Gasteiger partial charge in [-0.15, -0.1) is 0 Å². The lowest BCUT2D eigenvalue weighted by molar-refractivity contribution is 0.459. The van der Waals surface area contributed by atoms with Gasteiger partial charge >= 0.3 is 0 Å². The normalized spacial score (nSPS) is 10.9. The Bertz CT molecular complexity index is 722. The number of nitrogens with two attached hydrogens (primary N) is 1. The van der Waals surface area contributed by atoms with Crippen molar-refractivity contribution < 1.29 is 4.74 Å². The number of hydrogen-bond acceptors (Lipinski definition) is 3. The van der Waals surface area contributed by atoms with E-state index in [1.807, 2.05) is 53.1 Å². The van der Waals surface area contributed by atoms with Crippen LogP contribution in [0.25, 0.3) is 5.65 Å². The van der Waals surface area contributed by atoms with Crippen LogP contribution in [0.3, 0.4) is 0 Å². The van der Waals surface area contributed by atoms with Gasteiger partial charge in [-0.3, -0.25) is 0 Å². The summed E-state index contributed by atoms with van der Waals surface area (Å²) in [6, 6.07) is 13.6. The molecule has 0 aliphatic carbocycles. The molecular weight excluding hydrogens is 318 g/mol. The lowest BCUT2D eigenvalue weighted by Gasteiger charge is -2.05. The highest BCUT2D eigenvalue weighted by Crippen LogP contribution is 2.27. The van der Waals surface area contributed by atoms with E-state index in [4.69, 9.17) is 10.5 Å². The van der Waals surface area contributed by atoms with Crippen LogP contribution in [0.15, 0.2) is 53.1 Å². The zero-order valence-electron chi connectivity index (χ0n) is 10.8. The molecule has 2 N–H and O–H groups in total. The van der Waals surface area contributed by atoms with Crippen molar-refractivity contribution in [3.05, 3.63) is 58.8 Å². The minimum atomic E-state index is 0.555. The van der Waals surface area contributed by atoms with Crippen molar-refractivity contribution in [2.24, 2.45) is 5.73 Å². The van der Waals surface area contributed by atoms with E-state index in [2.05, 4.69) is 20.9 Å². The third-order valence-corrected chi connectivity index (χ3v) is 3.53. The van der Waals surface area contributed by atoms with Crippen LogP contribution in [0, 0.1) is 0 Å². The molecule has 2 heterocycles.